The predicted molar refractivity (Wildman–Crippen MR) is 66.8 cm³/mol. The van der Waals surface area contributed by atoms with Crippen LogP contribution in [0.2, 0.25) is 0 Å². The number of thiophene rings is 1. The van der Waals surface area contributed by atoms with Crippen molar-refractivity contribution in [1.29, 1.82) is 0 Å². The summed E-state index contributed by atoms with van der Waals surface area (Å²) in [7, 11) is 1.58. The summed E-state index contributed by atoms with van der Waals surface area (Å²) < 4.78 is 5.07. The fraction of sp³-hybridized carbons (Fsp3) is 0.273. The molecule has 0 amide bonds. The molecule has 2 aromatic rings. The van der Waals surface area contributed by atoms with E-state index < -0.39 is 0 Å². The summed E-state index contributed by atoms with van der Waals surface area (Å²) in [5, 5.41) is 2.06. The van der Waals surface area contributed by atoms with Crippen molar-refractivity contribution in [3.63, 3.8) is 0 Å². The lowest BCUT2D eigenvalue weighted by atomic mass is 10.1. The standard InChI is InChI=1S/C11H14N4OS/c1-7-3-8(5-17-7)11(15-12)9-4-10(16-2)14-6-13-9/h3-6,11,15H,12H2,1-2H3. The van der Waals surface area contributed by atoms with Gasteiger partial charge in [-0.2, -0.15) is 0 Å². The van der Waals surface area contributed by atoms with Crippen LogP contribution in [0.15, 0.2) is 23.8 Å². The summed E-state index contributed by atoms with van der Waals surface area (Å²) in [5.74, 6) is 6.12. The molecule has 0 aliphatic rings. The molecule has 90 valence electrons. The molecule has 0 saturated heterocycles. The first-order valence-electron chi connectivity index (χ1n) is 5.11. The van der Waals surface area contributed by atoms with Gasteiger partial charge in [-0.1, -0.05) is 0 Å². The molecule has 0 fully saturated rings. The minimum atomic E-state index is -0.142. The Bertz CT molecular complexity index is 500. The van der Waals surface area contributed by atoms with E-state index in [2.05, 4.69) is 33.8 Å². The summed E-state index contributed by atoms with van der Waals surface area (Å²) in [4.78, 5) is 9.43. The van der Waals surface area contributed by atoms with Crippen LogP contribution in [0.25, 0.3) is 0 Å². The highest BCUT2D eigenvalue weighted by Gasteiger charge is 2.16. The number of hydrazine groups is 1. The third-order valence-electron chi connectivity index (χ3n) is 2.42. The molecule has 0 aromatic carbocycles. The van der Waals surface area contributed by atoms with Crippen molar-refractivity contribution in [3.05, 3.63) is 40.0 Å². The number of nitrogens with one attached hydrogen (secondary N) is 1. The van der Waals surface area contributed by atoms with Gasteiger partial charge in [0, 0.05) is 10.9 Å². The summed E-state index contributed by atoms with van der Waals surface area (Å²) in [6.45, 7) is 2.06. The van der Waals surface area contributed by atoms with Crippen molar-refractivity contribution < 1.29 is 4.74 Å². The van der Waals surface area contributed by atoms with E-state index in [9.17, 15) is 0 Å². The number of aromatic nitrogens is 2. The van der Waals surface area contributed by atoms with Crippen molar-refractivity contribution in [2.24, 2.45) is 5.84 Å². The Hall–Kier alpha value is -1.50. The smallest absolute Gasteiger partial charge is 0.216 e. The highest BCUT2D eigenvalue weighted by Crippen LogP contribution is 2.25. The molecule has 0 aliphatic carbocycles. The van der Waals surface area contributed by atoms with Crippen LogP contribution in [0.1, 0.15) is 22.2 Å². The quantitative estimate of drug-likeness (QED) is 0.634. The topological polar surface area (TPSA) is 73.1 Å². The minimum absolute atomic E-state index is 0.142. The van der Waals surface area contributed by atoms with Gasteiger partial charge in [-0.25, -0.2) is 15.4 Å². The number of nitrogens with two attached hydrogens (primary N) is 1. The Morgan fingerprint density at radius 1 is 1.41 bits per heavy atom. The molecule has 0 radical (unpaired) electrons. The third kappa shape index (κ3) is 2.60. The fourth-order valence-electron chi connectivity index (χ4n) is 1.59. The zero-order valence-electron chi connectivity index (χ0n) is 9.68. The van der Waals surface area contributed by atoms with Crippen molar-refractivity contribution in [1.82, 2.24) is 15.4 Å². The molecule has 3 N–H and O–H groups in total. The molecule has 0 saturated carbocycles. The van der Waals surface area contributed by atoms with Crippen LogP contribution < -0.4 is 16.0 Å². The lowest BCUT2D eigenvalue weighted by Crippen LogP contribution is -2.29. The van der Waals surface area contributed by atoms with Gasteiger partial charge in [0.25, 0.3) is 0 Å². The molecule has 0 spiro atoms. The predicted octanol–water partition coefficient (Wildman–Crippen LogP) is 1.41. The van der Waals surface area contributed by atoms with E-state index in [1.54, 1.807) is 24.5 Å². The molecule has 0 aliphatic heterocycles. The van der Waals surface area contributed by atoms with Crippen molar-refractivity contribution >= 4 is 11.3 Å². The lowest BCUT2D eigenvalue weighted by Gasteiger charge is -2.14. The highest BCUT2D eigenvalue weighted by molar-refractivity contribution is 7.10. The average molecular weight is 250 g/mol. The van der Waals surface area contributed by atoms with Gasteiger partial charge in [-0.15, -0.1) is 11.3 Å². The van der Waals surface area contributed by atoms with Crippen molar-refractivity contribution in [2.75, 3.05) is 7.11 Å². The Kier molecular flexibility index (Phi) is 3.68. The van der Waals surface area contributed by atoms with E-state index in [1.807, 2.05) is 0 Å². The second-order valence-corrected chi connectivity index (χ2v) is 4.69. The molecule has 17 heavy (non-hydrogen) atoms. The first kappa shape index (κ1) is 12.0. The second-order valence-electron chi connectivity index (χ2n) is 3.58. The maximum Gasteiger partial charge on any atom is 0.216 e. The molecule has 5 nitrogen and oxygen atoms in total. The van der Waals surface area contributed by atoms with Gasteiger partial charge in [0.2, 0.25) is 5.88 Å². The summed E-state index contributed by atoms with van der Waals surface area (Å²) >= 11 is 1.68. The van der Waals surface area contributed by atoms with Gasteiger partial charge in [0.05, 0.1) is 18.8 Å². The molecule has 6 heteroatoms. The Morgan fingerprint density at radius 3 is 2.82 bits per heavy atom. The fourth-order valence-corrected chi connectivity index (χ4v) is 2.32. The lowest BCUT2D eigenvalue weighted by molar-refractivity contribution is 0.395. The van der Waals surface area contributed by atoms with E-state index in [0.29, 0.717) is 5.88 Å². The summed E-state index contributed by atoms with van der Waals surface area (Å²) in [6.07, 6.45) is 1.47. The van der Waals surface area contributed by atoms with Crippen LogP contribution in [0.5, 0.6) is 5.88 Å². The average Bonchev–Trinajstić information content (AvgIpc) is 2.77. The van der Waals surface area contributed by atoms with E-state index in [1.165, 1.54) is 11.2 Å². The van der Waals surface area contributed by atoms with Gasteiger partial charge in [-0.05, 0) is 23.9 Å². The largest absolute Gasteiger partial charge is 0.481 e. The Balaban J connectivity index is 2.34. The number of nitrogens with zero attached hydrogens (tertiary/aromatic N) is 2. The van der Waals surface area contributed by atoms with E-state index in [4.69, 9.17) is 10.6 Å². The van der Waals surface area contributed by atoms with Gasteiger partial charge >= 0.3 is 0 Å². The Morgan fingerprint density at radius 2 is 2.24 bits per heavy atom. The van der Waals surface area contributed by atoms with Crippen molar-refractivity contribution in [3.8, 4) is 5.88 Å². The SMILES string of the molecule is COc1cc(C(NN)c2csc(C)c2)ncn1. The second kappa shape index (κ2) is 5.22. The Labute approximate surface area is 104 Å². The first-order valence-corrected chi connectivity index (χ1v) is 5.99. The molecular weight excluding hydrogens is 236 g/mol. The molecule has 2 rings (SSSR count). The van der Waals surface area contributed by atoms with Crippen LogP contribution in [-0.2, 0) is 0 Å². The highest BCUT2D eigenvalue weighted by atomic mass is 32.1. The van der Waals surface area contributed by atoms with E-state index in [0.717, 1.165) is 11.3 Å². The molecule has 1 atom stereocenters. The van der Waals surface area contributed by atoms with Gasteiger partial charge < -0.3 is 4.74 Å². The number of hydrogen-bond acceptors (Lipinski definition) is 6. The third-order valence-corrected chi connectivity index (χ3v) is 3.30. The number of methoxy groups -OCH3 is 1. The van der Waals surface area contributed by atoms with Crippen molar-refractivity contribution in [2.45, 2.75) is 13.0 Å². The minimum Gasteiger partial charge on any atom is -0.481 e. The monoisotopic (exact) mass is 250 g/mol. The maximum absolute atomic E-state index is 5.59. The number of ether oxygens (including phenoxy) is 1. The van der Waals surface area contributed by atoms with E-state index in [-0.39, 0.29) is 6.04 Å². The normalized spacial score (nSPS) is 12.4. The van der Waals surface area contributed by atoms with Crippen LogP contribution in [-0.4, -0.2) is 17.1 Å². The molecule has 0 bridgehead atoms. The number of aryl methyl sites for hydroxylation is 1. The molecule has 2 heterocycles. The number of hydrogen-bond donors (Lipinski definition) is 2. The van der Waals surface area contributed by atoms with Gasteiger partial charge in [0.15, 0.2) is 0 Å². The molecule has 2 aromatic heterocycles. The van der Waals surface area contributed by atoms with Crippen LogP contribution >= 0.6 is 11.3 Å². The molecular formula is C11H14N4OS. The summed E-state index contributed by atoms with van der Waals surface area (Å²) in [6, 6.07) is 3.72. The maximum atomic E-state index is 5.59. The number of rotatable bonds is 4. The van der Waals surface area contributed by atoms with E-state index >= 15 is 0 Å². The van der Waals surface area contributed by atoms with Crippen LogP contribution in [0.3, 0.4) is 0 Å². The first-order chi connectivity index (χ1) is 8.24. The molecule has 1 unspecified atom stereocenters. The summed E-state index contributed by atoms with van der Waals surface area (Å²) in [5.41, 5.74) is 4.64. The van der Waals surface area contributed by atoms with Crippen LogP contribution in [0.4, 0.5) is 0 Å². The zero-order valence-corrected chi connectivity index (χ0v) is 10.5. The zero-order chi connectivity index (χ0) is 12.3. The van der Waals surface area contributed by atoms with Crippen LogP contribution in [0, 0.1) is 6.92 Å². The van der Waals surface area contributed by atoms with Gasteiger partial charge in [-0.3, -0.25) is 5.84 Å². The van der Waals surface area contributed by atoms with Gasteiger partial charge in [0.1, 0.15) is 6.33 Å².